The highest BCUT2D eigenvalue weighted by Crippen LogP contribution is 2.31. The molecule has 1 heteroatoms. The number of nitrogens with one attached hydrogen (secondary N) is 1. The molecule has 1 N–H and O–H groups in total. The van der Waals surface area contributed by atoms with Gasteiger partial charge in [0.1, 0.15) is 0 Å². The van der Waals surface area contributed by atoms with Gasteiger partial charge >= 0.3 is 0 Å². The van der Waals surface area contributed by atoms with E-state index in [4.69, 9.17) is 0 Å². The van der Waals surface area contributed by atoms with Crippen molar-refractivity contribution in [2.75, 3.05) is 6.54 Å². The lowest BCUT2D eigenvalue weighted by Crippen LogP contribution is -2.32. The van der Waals surface area contributed by atoms with Gasteiger partial charge in [-0.15, -0.1) is 0 Å². The average Bonchev–Trinajstić information content (AvgIpc) is 2.92. The van der Waals surface area contributed by atoms with Gasteiger partial charge in [0.2, 0.25) is 0 Å². The third-order valence-corrected chi connectivity index (χ3v) is 3.61. The molecule has 1 aliphatic rings. The van der Waals surface area contributed by atoms with Crippen molar-refractivity contribution in [3.05, 3.63) is 0 Å². The third kappa shape index (κ3) is 5.55. The zero-order valence-electron chi connectivity index (χ0n) is 11.1. The number of unbranched alkanes of at least 4 members (excludes halogenated alkanes) is 2. The van der Waals surface area contributed by atoms with E-state index < -0.39 is 0 Å². The van der Waals surface area contributed by atoms with Crippen LogP contribution in [0.25, 0.3) is 0 Å². The van der Waals surface area contributed by atoms with Gasteiger partial charge in [-0.25, -0.2) is 0 Å². The molecule has 0 radical (unpaired) electrons. The van der Waals surface area contributed by atoms with Crippen molar-refractivity contribution in [1.82, 2.24) is 5.32 Å². The van der Waals surface area contributed by atoms with Crippen LogP contribution >= 0.6 is 0 Å². The number of hydrogen-bond donors (Lipinski definition) is 1. The van der Waals surface area contributed by atoms with Gasteiger partial charge in [-0.2, -0.15) is 0 Å². The van der Waals surface area contributed by atoms with Crippen LogP contribution in [0.5, 0.6) is 0 Å². The first-order chi connectivity index (χ1) is 7.04. The molecule has 1 fully saturated rings. The molecular formula is C14H29N. The summed E-state index contributed by atoms with van der Waals surface area (Å²) >= 11 is 0. The van der Waals surface area contributed by atoms with Crippen LogP contribution in [0.15, 0.2) is 0 Å². The Balaban J connectivity index is 2.23. The first-order valence-electron chi connectivity index (χ1n) is 6.77. The van der Waals surface area contributed by atoms with Gasteiger partial charge in [0.25, 0.3) is 0 Å². The normalized spacial score (nSPS) is 19.2. The molecule has 0 spiro atoms. The molecule has 15 heavy (non-hydrogen) atoms. The summed E-state index contributed by atoms with van der Waals surface area (Å²) in [6.45, 7) is 10.7. The van der Waals surface area contributed by atoms with E-state index in [0.29, 0.717) is 5.41 Å². The van der Waals surface area contributed by atoms with Gasteiger partial charge < -0.3 is 5.32 Å². The van der Waals surface area contributed by atoms with Crippen molar-refractivity contribution in [3.63, 3.8) is 0 Å². The summed E-state index contributed by atoms with van der Waals surface area (Å²) in [5.74, 6) is 0.852. The fourth-order valence-corrected chi connectivity index (χ4v) is 2.08. The SMILES string of the molecule is CCCCCC(CNC1CC1)C(C)(C)C. The Kier molecular flexibility index (Phi) is 5.11. The van der Waals surface area contributed by atoms with Crippen molar-refractivity contribution in [2.45, 2.75) is 72.3 Å². The molecule has 0 aromatic rings. The summed E-state index contributed by atoms with van der Waals surface area (Å²) in [5.41, 5.74) is 0.468. The Morgan fingerprint density at radius 2 is 1.87 bits per heavy atom. The van der Waals surface area contributed by atoms with E-state index in [1.165, 1.54) is 45.1 Å². The molecule has 90 valence electrons. The molecular weight excluding hydrogens is 182 g/mol. The number of rotatable bonds is 7. The topological polar surface area (TPSA) is 12.0 Å². The minimum atomic E-state index is 0.468. The second kappa shape index (κ2) is 5.89. The summed E-state index contributed by atoms with van der Waals surface area (Å²) < 4.78 is 0. The maximum atomic E-state index is 3.69. The van der Waals surface area contributed by atoms with Crippen LogP contribution in [0.4, 0.5) is 0 Å². The summed E-state index contributed by atoms with van der Waals surface area (Å²) in [5, 5.41) is 3.69. The first-order valence-corrected chi connectivity index (χ1v) is 6.77. The smallest absolute Gasteiger partial charge is 0.00683 e. The van der Waals surface area contributed by atoms with Gasteiger partial charge in [0, 0.05) is 6.04 Å². The molecule has 0 aliphatic heterocycles. The van der Waals surface area contributed by atoms with Crippen LogP contribution in [0.2, 0.25) is 0 Å². The quantitative estimate of drug-likeness (QED) is 0.628. The Labute approximate surface area is 96.0 Å². The Bertz CT molecular complexity index is 165. The summed E-state index contributed by atoms with van der Waals surface area (Å²) in [6.07, 6.45) is 8.36. The number of hydrogen-bond acceptors (Lipinski definition) is 1. The van der Waals surface area contributed by atoms with Crippen LogP contribution in [0.3, 0.4) is 0 Å². The average molecular weight is 211 g/mol. The molecule has 1 rings (SSSR count). The molecule has 1 aliphatic carbocycles. The highest BCUT2D eigenvalue weighted by Gasteiger charge is 2.27. The Hall–Kier alpha value is -0.0400. The lowest BCUT2D eigenvalue weighted by molar-refractivity contribution is 0.213. The van der Waals surface area contributed by atoms with Gasteiger partial charge in [-0.3, -0.25) is 0 Å². The van der Waals surface area contributed by atoms with E-state index in [2.05, 4.69) is 33.0 Å². The second-order valence-corrected chi connectivity index (χ2v) is 6.24. The second-order valence-electron chi connectivity index (χ2n) is 6.24. The minimum absolute atomic E-state index is 0.468. The van der Waals surface area contributed by atoms with Crippen molar-refractivity contribution in [1.29, 1.82) is 0 Å². The Morgan fingerprint density at radius 3 is 2.33 bits per heavy atom. The van der Waals surface area contributed by atoms with Gasteiger partial charge in [0.15, 0.2) is 0 Å². The molecule has 0 heterocycles. The monoisotopic (exact) mass is 211 g/mol. The lowest BCUT2D eigenvalue weighted by atomic mass is 9.77. The van der Waals surface area contributed by atoms with Crippen LogP contribution in [-0.2, 0) is 0 Å². The molecule has 0 aromatic carbocycles. The highest BCUT2D eigenvalue weighted by atomic mass is 14.9. The standard InChI is InChI=1S/C14H29N/c1-5-6-7-8-12(14(2,3)4)11-15-13-9-10-13/h12-13,15H,5-11H2,1-4H3. The summed E-state index contributed by atoms with van der Waals surface area (Å²) in [4.78, 5) is 0. The highest BCUT2D eigenvalue weighted by molar-refractivity contribution is 4.84. The van der Waals surface area contributed by atoms with Crippen LogP contribution in [0, 0.1) is 11.3 Å². The molecule has 1 nitrogen and oxygen atoms in total. The zero-order chi connectivity index (χ0) is 11.3. The molecule has 0 bridgehead atoms. The van der Waals surface area contributed by atoms with Crippen molar-refractivity contribution >= 4 is 0 Å². The minimum Gasteiger partial charge on any atom is -0.314 e. The fraction of sp³-hybridized carbons (Fsp3) is 1.00. The van der Waals surface area contributed by atoms with Crippen LogP contribution < -0.4 is 5.32 Å². The predicted molar refractivity (Wildman–Crippen MR) is 68.1 cm³/mol. The molecule has 1 atom stereocenters. The molecule has 0 saturated heterocycles. The largest absolute Gasteiger partial charge is 0.314 e. The Morgan fingerprint density at radius 1 is 1.20 bits per heavy atom. The molecule has 1 saturated carbocycles. The summed E-state index contributed by atoms with van der Waals surface area (Å²) in [7, 11) is 0. The van der Waals surface area contributed by atoms with Crippen molar-refractivity contribution in [2.24, 2.45) is 11.3 Å². The maximum absolute atomic E-state index is 3.69. The van der Waals surface area contributed by atoms with Crippen LogP contribution in [0.1, 0.15) is 66.2 Å². The molecule has 1 unspecified atom stereocenters. The maximum Gasteiger partial charge on any atom is 0.00683 e. The summed E-state index contributed by atoms with van der Waals surface area (Å²) in [6, 6.07) is 0.862. The fourth-order valence-electron chi connectivity index (χ4n) is 2.08. The first kappa shape index (κ1) is 13.0. The van der Waals surface area contributed by atoms with E-state index in [-0.39, 0.29) is 0 Å². The van der Waals surface area contributed by atoms with Crippen LogP contribution in [-0.4, -0.2) is 12.6 Å². The lowest BCUT2D eigenvalue weighted by Gasteiger charge is -2.31. The predicted octanol–water partition coefficient (Wildman–Crippen LogP) is 3.98. The van der Waals surface area contributed by atoms with Crippen molar-refractivity contribution < 1.29 is 0 Å². The van der Waals surface area contributed by atoms with E-state index in [9.17, 15) is 0 Å². The molecule has 0 aromatic heterocycles. The van der Waals surface area contributed by atoms with E-state index in [1.807, 2.05) is 0 Å². The van der Waals surface area contributed by atoms with E-state index in [0.717, 1.165) is 12.0 Å². The van der Waals surface area contributed by atoms with Gasteiger partial charge in [0.05, 0.1) is 0 Å². The van der Waals surface area contributed by atoms with Crippen molar-refractivity contribution in [3.8, 4) is 0 Å². The third-order valence-electron chi connectivity index (χ3n) is 3.61. The van der Waals surface area contributed by atoms with Gasteiger partial charge in [-0.05, 0) is 37.1 Å². The molecule has 0 amide bonds. The van der Waals surface area contributed by atoms with Gasteiger partial charge in [-0.1, -0.05) is 47.0 Å². The van der Waals surface area contributed by atoms with E-state index >= 15 is 0 Å². The van der Waals surface area contributed by atoms with E-state index in [1.54, 1.807) is 0 Å². The zero-order valence-corrected chi connectivity index (χ0v) is 11.1.